The third-order valence-corrected chi connectivity index (χ3v) is 6.15. The molecule has 10 heteroatoms. The van der Waals surface area contributed by atoms with Gasteiger partial charge in [0.25, 0.3) is 6.01 Å². The van der Waals surface area contributed by atoms with Gasteiger partial charge in [-0.15, -0.1) is 0 Å². The molecule has 2 fully saturated rings. The first-order valence-corrected chi connectivity index (χ1v) is 11.3. The lowest BCUT2D eigenvalue weighted by Crippen LogP contribution is -2.38. The lowest BCUT2D eigenvalue weighted by molar-refractivity contribution is -0.120. The van der Waals surface area contributed by atoms with Gasteiger partial charge in [-0.25, -0.2) is 4.39 Å². The van der Waals surface area contributed by atoms with E-state index in [0.717, 1.165) is 25.7 Å². The average molecular weight is 470 g/mol. The van der Waals surface area contributed by atoms with Crippen LogP contribution in [0.3, 0.4) is 0 Å². The summed E-state index contributed by atoms with van der Waals surface area (Å²) in [5, 5.41) is 3.13. The number of hydrogen-bond donors (Lipinski definition) is 1. The van der Waals surface area contributed by atoms with E-state index in [2.05, 4.69) is 10.3 Å². The number of carbonyl (C=O) groups excluding carboxylic acids is 1. The van der Waals surface area contributed by atoms with Crippen LogP contribution in [0.15, 0.2) is 6.07 Å². The van der Waals surface area contributed by atoms with Crippen molar-refractivity contribution in [3.63, 3.8) is 0 Å². The van der Waals surface area contributed by atoms with Crippen molar-refractivity contribution in [3.05, 3.63) is 16.9 Å². The van der Waals surface area contributed by atoms with Crippen LogP contribution in [0.25, 0.3) is 11.0 Å². The molecule has 176 valence electrons. The van der Waals surface area contributed by atoms with E-state index in [0.29, 0.717) is 36.4 Å². The van der Waals surface area contributed by atoms with Gasteiger partial charge in [0.1, 0.15) is 28.5 Å². The lowest BCUT2D eigenvalue weighted by Gasteiger charge is -2.29. The number of carbonyl (C=O) groups is 1. The van der Waals surface area contributed by atoms with Crippen LogP contribution in [0.4, 0.5) is 4.39 Å². The molecule has 1 aromatic heterocycles. The van der Waals surface area contributed by atoms with E-state index in [1.54, 1.807) is 11.6 Å². The molecule has 0 bridgehead atoms. The highest BCUT2D eigenvalue weighted by molar-refractivity contribution is 6.36. The Labute approximate surface area is 191 Å². The number of amides is 1. The predicted octanol–water partition coefficient (Wildman–Crippen LogP) is 3.37. The number of benzene rings is 1. The minimum Gasteiger partial charge on any atom is -0.484 e. The average Bonchev–Trinajstić information content (AvgIpc) is 3.04. The highest BCUT2D eigenvalue weighted by atomic mass is 35.5. The summed E-state index contributed by atoms with van der Waals surface area (Å²) in [4.78, 5) is 15.5. The topological polar surface area (TPSA) is 83.8 Å². The summed E-state index contributed by atoms with van der Waals surface area (Å²) in [5.74, 6) is -0.283. The number of ether oxygens (including phenoxy) is 4. The maximum atomic E-state index is 14.7. The van der Waals surface area contributed by atoms with Crippen LogP contribution in [0, 0.1) is 5.82 Å². The zero-order valence-electron chi connectivity index (χ0n) is 18.5. The second kappa shape index (κ2) is 9.80. The number of aromatic nitrogens is 2. The number of nitrogens with one attached hydrogen (secondary N) is 1. The number of hydrogen-bond acceptors (Lipinski definition) is 6. The standard InChI is InChI=1S/C22H29ClFN3O5/c1-12(25-13(2)28)9-30-14-4-6-15(7-5-14)32-22-26-20-17(24)8-18(31-16-10-29-11-16)19(23)21(20)27(22)3/h8,12,14-16H,4-7,9-11H2,1-3H3,(H,25,28)/t12-,14-,15-/m0/s1. The Morgan fingerprint density at radius 2 is 1.97 bits per heavy atom. The quantitative estimate of drug-likeness (QED) is 0.638. The van der Waals surface area contributed by atoms with Gasteiger partial charge in [-0.05, 0) is 32.6 Å². The van der Waals surface area contributed by atoms with Gasteiger partial charge in [-0.2, -0.15) is 4.98 Å². The molecule has 1 atom stereocenters. The Bertz CT molecular complexity index is 972. The van der Waals surface area contributed by atoms with Crippen molar-refractivity contribution in [1.29, 1.82) is 0 Å². The number of imidazole rings is 1. The number of halogens is 2. The second-order valence-electron chi connectivity index (χ2n) is 8.55. The van der Waals surface area contributed by atoms with Crippen molar-refractivity contribution < 1.29 is 28.1 Å². The summed E-state index contributed by atoms with van der Waals surface area (Å²) < 4.78 is 39.3. The Morgan fingerprint density at radius 3 is 2.59 bits per heavy atom. The van der Waals surface area contributed by atoms with Crippen LogP contribution in [0.2, 0.25) is 5.02 Å². The predicted molar refractivity (Wildman–Crippen MR) is 117 cm³/mol. The molecule has 0 spiro atoms. The smallest absolute Gasteiger partial charge is 0.297 e. The van der Waals surface area contributed by atoms with E-state index in [4.69, 9.17) is 30.5 Å². The molecule has 1 saturated heterocycles. The third-order valence-electron chi connectivity index (χ3n) is 5.79. The van der Waals surface area contributed by atoms with Gasteiger partial charge in [0.2, 0.25) is 5.91 Å². The fourth-order valence-electron chi connectivity index (χ4n) is 4.05. The fraction of sp³-hybridized carbons (Fsp3) is 0.636. The van der Waals surface area contributed by atoms with Crippen molar-refractivity contribution in [2.45, 2.75) is 63.9 Å². The third kappa shape index (κ3) is 5.10. The van der Waals surface area contributed by atoms with Gasteiger partial charge in [-0.1, -0.05) is 11.6 Å². The highest BCUT2D eigenvalue weighted by Crippen LogP contribution is 2.38. The number of rotatable bonds is 8. The zero-order chi connectivity index (χ0) is 22.8. The van der Waals surface area contributed by atoms with E-state index in [-0.39, 0.29) is 41.5 Å². The second-order valence-corrected chi connectivity index (χ2v) is 8.93. The maximum Gasteiger partial charge on any atom is 0.297 e. The molecule has 32 heavy (non-hydrogen) atoms. The van der Waals surface area contributed by atoms with Gasteiger partial charge >= 0.3 is 0 Å². The molecule has 0 radical (unpaired) electrons. The zero-order valence-corrected chi connectivity index (χ0v) is 19.3. The summed E-state index contributed by atoms with van der Waals surface area (Å²) in [6.07, 6.45) is 3.27. The SMILES string of the molecule is CC(=O)N[C@@H](C)CO[C@H]1CC[C@H](Oc2nc3c(F)cc(OC4COC4)c(Cl)c3n2C)CC1. The minimum absolute atomic E-state index is 0.0215. The highest BCUT2D eigenvalue weighted by Gasteiger charge is 2.28. The summed E-state index contributed by atoms with van der Waals surface area (Å²) in [7, 11) is 1.75. The Morgan fingerprint density at radius 1 is 1.28 bits per heavy atom. The van der Waals surface area contributed by atoms with Crippen molar-refractivity contribution in [2.24, 2.45) is 7.05 Å². The molecular weight excluding hydrogens is 441 g/mol. The van der Waals surface area contributed by atoms with E-state index in [1.165, 1.54) is 13.0 Å². The maximum absolute atomic E-state index is 14.7. The summed E-state index contributed by atoms with van der Waals surface area (Å²) in [6.45, 7) is 4.83. The summed E-state index contributed by atoms with van der Waals surface area (Å²) in [6, 6.07) is 1.57. The minimum atomic E-state index is -0.504. The van der Waals surface area contributed by atoms with E-state index >= 15 is 0 Å². The molecule has 8 nitrogen and oxygen atoms in total. The molecule has 4 rings (SSSR count). The first-order valence-electron chi connectivity index (χ1n) is 11.0. The molecule has 1 saturated carbocycles. The fourth-order valence-corrected chi connectivity index (χ4v) is 4.36. The van der Waals surface area contributed by atoms with Crippen LogP contribution >= 0.6 is 11.6 Å². The summed E-state index contributed by atoms with van der Waals surface area (Å²) >= 11 is 6.52. The molecular formula is C22H29ClFN3O5. The largest absolute Gasteiger partial charge is 0.484 e. The number of fused-ring (bicyclic) bond motifs is 1. The van der Waals surface area contributed by atoms with Crippen LogP contribution in [0.5, 0.6) is 11.8 Å². The first-order chi connectivity index (χ1) is 15.3. The molecule has 1 amide bonds. The summed E-state index contributed by atoms with van der Waals surface area (Å²) in [5.41, 5.74) is 0.606. The van der Waals surface area contributed by atoms with Crippen LogP contribution in [0.1, 0.15) is 39.5 Å². The Hall–Kier alpha value is -2.10. The monoisotopic (exact) mass is 469 g/mol. The van der Waals surface area contributed by atoms with E-state index < -0.39 is 5.82 Å². The van der Waals surface area contributed by atoms with Crippen LogP contribution in [-0.2, 0) is 21.3 Å². The molecule has 1 aliphatic heterocycles. The van der Waals surface area contributed by atoms with Gasteiger partial charge in [0, 0.05) is 26.1 Å². The molecule has 2 aromatic rings. The molecule has 1 N–H and O–H groups in total. The molecule has 1 aromatic carbocycles. The normalized spacial score (nSPS) is 22.4. The van der Waals surface area contributed by atoms with Crippen LogP contribution in [-0.4, -0.2) is 59.6 Å². The van der Waals surface area contributed by atoms with Gasteiger partial charge in [0.05, 0.1) is 31.4 Å². The lowest BCUT2D eigenvalue weighted by atomic mass is 9.95. The Kier molecular flexibility index (Phi) is 7.07. The van der Waals surface area contributed by atoms with Crippen molar-refractivity contribution >= 4 is 28.5 Å². The van der Waals surface area contributed by atoms with Crippen molar-refractivity contribution in [1.82, 2.24) is 14.9 Å². The van der Waals surface area contributed by atoms with Crippen molar-refractivity contribution in [3.8, 4) is 11.8 Å². The first kappa shape index (κ1) is 23.1. The number of aryl methyl sites for hydroxylation is 1. The Balaban J connectivity index is 1.37. The van der Waals surface area contributed by atoms with Gasteiger partial charge in [-0.3, -0.25) is 9.36 Å². The van der Waals surface area contributed by atoms with E-state index in [1.807, 2.05) is 6.92 Å². The van der Waals surface area contributed by atoms with Crippen molar-refractivity contribution in [2.75, 3.05) is 19.8 Å². The van der Waals surface area contributed by atoms with Gasteiger partial charge in [0.15, 0.2) is 5.82 Å². The van der Waals surface area contributed by atoms with E-state index in [9.17, 15) is 9.18 Å². The van der Waals surface area contributed by atoms with Gasteiger partial charge < -0.3 is 24.3 Å². The molecule has 2 aliphatic rings. The number of nitrogens with zero attached hydrogens (tertiary/aromatic N) is 2. The van der Waals surface area contributed by atoms with Crippen LogP contribution < -0.4 is 14.8 Å². The molecule has 1 aliphatic carbocycles. The molecule has 0 unspecified atom stereocenters. The molecule has 2 heterocycles.